The lowest BCUT2D eigenvalue weighted by Crippen LogP contribution is -2.13. The van der Waals surface area contributed by atoms with Crippen LogP contribution in [0.2, 0.25) is 0 Å². The molecule has 0 unspecified atom stereocenters. The molecule has 0 bridgehead atoms. The molecular formula is C13H13N3O3. The maximum atomic E-state index is 11.0. The molecule has 2 aromatic rings. The van der Waals surface area contributed by atoms with Gasteiger partial charge < -0.3 is 21.3 Å². The summed E-state index contributed by atoms with van der Waals surface area (Å²) in [5, 5.41) is 9.04. The van der Waals surface area contributed by atoms with Gasteiger partial charge in [0, 0.05) is 0 Å². The van der Waals surface area contributed by atoms with Gasteiger partial charge >= 0.3 is 0 Å². The van der Waals surface area contributed by atoms with Gasteiger partial charge in [-0.1, -0.05) is 12.1 Å². The monoisotopic (exact) mass is 259 g/mol. The number of hydrogen-bond donors (Lipinski definition) is 3. The summed E-state index contributed by atoms with van der Waals surface area (Å²) in [6, 6.07) is 9.75. The molecule has 0 aliphatic rings. The van der Waals surface area contributed by atoms with E-state index in [0.717, 1.165) is 0 Å². The number of benzene rings is 1. The van der Waals surface area contributed by atoms with Crippen molar-refractivity contribution in [2.45, 2.75) is 6.61 Å². The Bertz CT molecular complexity index is 614. The number of carbonyl (C=O) groups is 1. The van der Waals surface area contributed by atoms with Crippen LogP contribution in [0.1, 0.15) is 16.1 Å². The molecule has 98 valence electrons. The number of nitrogens with two attached hydrogens (primary N) is 2. The van der Waals surface area contributed by atoms with Crippen LogP contribution in [0.4, 0.5) is 5.69 Å². The molecule has 1 heterocycles. The number of aliphatic hydroxyl groups excluding tert-OH is 1. The number of hydrogen-bond acceptors (Lipinski definition) is 5. The van der Waals surface area contributed by atoms with E-state index in [1.165, 1.54) is 12.1 Å². The fourth-order valence-electron chi connectivity index (χ4n) is 1.49. The molecule has 0 fully saturated rings. The second-order valence-corrected chi connectivity index (χ2v) is 3.86. The van der Waals surface area contributed by atoms with E-state index in [1.54, 1.807) is 24.3 Å². The van der Waals surface area contributed by atoms with Crippen molar-refractivity contribution in [3.05, 3.63) is 47.7 Å². The van der Waals surface area contributed by atoms with Gasteiger partial charge in [-0.25, -0.2) is 4.98 Å². The number of ether oxygens (including phenoxy) is 1. The molecule has 1 amide bonds. The van der Waals surface area contributed by atoms with Crippen LogP contribution in [-0.2, 0) is 6.61 Å². The number of rotatable bonds is 4. The highest BCUT2D eigenvalue weighted by atomic mass is 16.5. The number of anilines is 1. The fraction of sp³-hybridized carbons (Fsp3) is 0.0769. The van der Waals surface area contributed by atoms with E-state index in [2.05, 4.69) is 4.98 Å². The smallest absolute Gasteiger partial charge is 0.267 e. The lowest BCUT2D eigenvalue weighted by Gasteiger charge is -2.09. The lowest BCUT2D eigenvalue weighted by atomic mass is 10.2. The maximum absolute atomic E-state index is 11.0. The molecule has 0 radical (unpaired) electrons. The van der Waals surface area contributed by atoms with Crippen LogP contribution in [-0.4, -0.2) is 16.0 Å². The summed E-state index contributed by atoms with van der Waals surface area (Å²) in [6.07, 6.45) is 0. The van der Waals surface area contributed by atoms with Gasteiger partial charge in [-0.15, -0.1) is 0 Å². The van der Waals surface area contributed by atoms with E-state index in [1.807, 2.05) is 0 Å². The third-order valence-electron chi connectivity index (χ3n) is 2.44. The first kappa shape index (κ1) is 12.8. The molecule has 6 heteroatoms. The first-order valence-corrected chi connectivity index (χ1v) is 5.54. The SMILES string of the molecule is NC(=O)c1ccc(N)c(Oc2cccc(CO)c2)n1. The van der Waals surface area contributed by atoms with Crippen LogP contribution < -0.4 is 16.2 Å². The fourth-order valence-corrected chi connectivity index (χ4v) is 1.49. The third-order valence-corrected chi connectivity index (χ3v) is 2.44. The van der Waals surface area contributed by atoms with Crippen molar-refractivity contribution in [1.29, 1.82) is 0 Å². The molecule has 19 heavy (non-hydrogen) atoms. The number of primary amides is 1. The number of amides is 1. The number of nitrogen functional groups attached to an aromatic ring is 1. The largest absolute Gasteiger partial charge is 0.437 e. The van der Waals surface area contributed by atoms with Crippen molar-refractivity contribution < 1.29 is 14.6 Å². The van der Waals surface area contributed by atoms with Gasteiger partial charge in [0.05, 0.1) is 12.3 Å². The molecule has 0 aliphatic carbocycles. The van der Waals surface area contributed by atoms with Crippen molar-refractivity contribution in [2.24, 2.45) is 5.73 Å². The third kappa shape index (κ3) is 2.99. The van der Waals surface area contributed by atoms with Gasteiger partial charge in [-0.05, 0) is 29.8 Å². The molecular weight excluding hydrogens is 246 g/mol. The Hall–Kier alpha value is -2.60. The van der Waals surface area contributed by atoms with E-state index >= 15 is 0 Å². The van der Waals surface area contributed by atoms with Crippen LogP contribution in [0.3, 0.4) is 0 Å². The topological polar surface area (TPSA) is 111 Å². The van der Waals surface area contributed by atoms with E-state index in [0.29, 0.717) is 17.0 Å². The van der Waals surface area contributed by atoms with E-state index in [4.69, 9.17) is 21.3 Å². The van der Waals surface area contributed by atoms with Crippen LogP contribution in [0.5, 0.6) is 11.6 Å². The van der Waals surface area contributed by atoms with Gasteiger partial charge in [0.1, 0.15) is 11.4 Å². The second-order valence-electron chi connectivity index (χ2n) is 3.86. The summed E-state index contributed by atoms with van der Waals surface area (Å²) in [5.74, 6) is -0.0901. The van der Waals surface area contributed by atoms with Gasteiger partial charge in [-0.3, -0.25) is 4.79 Å². The summed E-state index contributed by atoms with van der Waals surface area (Å²) in [7, 11) is 0. The average Bonchev–Trinajstić information content (AvgIpc) is 2.41. The van der Waals surface area contributed by atoms with E-state index in [-0.39, 0.29) is 18.2 Å². The zero-order valence-electron chi connectivity index (χ0n) is 10.0. The highest BCUT2D eigenvalue weighted by Gasteiger charge is 2.09. The summed E-state index contributed by atoms with van der Waals surface area (Å²) in [4.78, 5) is 15.0. The van der Waals surface area contributed by atoms with Gasteiger partial charge in [0.2, 0.25) is 5.88 Å². The molecule has 0 saturated heterocycles. The molecule has 1 aromatic carbocycles. The molecule has 1 aromatic heterocycles. The first-order valence-electron chi connectivity index (χ1n) is 5.54. The van der Waals surface area contributed by atoms with Crippen molar-refractivity contribution in [2.75, 3.05) is 5.73 Å². The van der Waals surface area contributed by atoms with Crippen LogP contribution >= 0.6 is 0 Å². The van der Waals surface area contributed by atoms with Gasteiger partial charge in [-0.2, -0.15) is 0 Å². The molecule has 5 N–H and O–H groups in total. The average molecular weight is 259 g/mol. The predicted molar refractivity (Wildman–Crippen MR) is 69.6 cm³/mol. The highest BCUT2D eigenvalue weighted by Crippen LogP contribution is 2.26. The van der Waals surface area contributed by atoms with E-state index < -0.39 is 5.91 Å². The minimum Gasteiger partial charge on any atom is -0.437 e. The summed E-state index contributed by atoms with van der Waals surface area (Å²) >= 11 is 0. The Labute approximate surface area is 109 Å². The van der Waals surface area contributed by atoms with Crippen molar-refractivity contribution in [1.82, 2.24) is 4.98 Å². The Morgan fingerprint density at radius 1 is 1.32 bits per heavy atom. The Morgan fingerprint density at radius 3 is 2.79 bits per heavy atom. The number of aliphatic hydroxyl groups is 1. The summed E-state index contributed by atoms with van der Waals surface area (Å²) in [5.41, 5.74) is 11.9. The van der Waals surface area contributed by atoms with Gasteiger partial charge in [0.25, 0.3) is 5.91 Å². The Kier molecular flexibility index (Phi) is 3.63. The maximum Gasteiger partial charge on any atom is 0.267 e. The number of aromatic nitrogens is 1. The zero-order chi connectivity index (χ0) is 13.8. The predicted octanol–water partition coefficient (Wildman–Crippen LogP) is 1.05. The molecule has 2 rings (SSSR count). The number of carbonyl (C=O) groups excluding carboxylic acids is 1. The van der Waals surface area contributed by atoms with Gasteiger partial charge in [0.15, 0.2) is 0 Å². The Balaban J connectivity index is 2.31. The lowest BCUT2D eigenvalue weighted by molar-refractivity contribution is 0.0995. The highest BCUT2D eigenvalue weighted by molar-refractivity contribution is 5.91. The Morgan fingerprint density at radius 2 is 2.11 bits per heavy atom. The van der Waals surface area contributed by atoms with Crippen molar-refractivity contribution in [3.63, 3.8) is 0 Å². The van der Waals surface area contributed by atoms with E-state index in [9.17, 15) is 4.79 Å². The van der Waals surface area contributed by atoms with Crippen molar-refractivity contribution >= 4 is 11.6 Å². The number of pyridine rings is 1. The summed E-state index contributed by atoms with van der Waals surface area (Å²) in [6.45, 7) is -0.0958. The normalized spacial score (nSPS) is 10.2. The van der Waals surface area contributed by atoms with Crippen LogP contribution in [0.15, 0.2) is 36.4 Å². The first-order chi connectivity index (χ1) is 9.10. The molecule has 0 saturated carbocycles. The number of nitrogens with zero attached hydrogens (tertiary/aromatic N) is 1. The molecule has 0 spiro atoms. The molecule has 0 aliphatic heterocycles. The minimum atomic E-state index is -0.658. The molecule has 6 nitrogen and oxygen atoms in total. The van der Waals surface area contributed by atoms with Crippen LogP contribution in [0.25, 0.3) is 0 Å². The minimum absolute atomic E-state index is 0.0718. The quantitative estimate of drug-likeness (QED) is 0.759. The summed E-state index contributed by atoms with van der Waals surface area (Å²) < 4.78 is 5.49. The van der Waals surface area contributed by atoms with Crippen molar-refractivity contribution in [3.8, 4) is 11.6 Å². The second kappa shape index (κ2) is 5.36. The molecule has 0 atom stereocenters. The van der Waals surface area contributed by atoms with Crippen LogP contribution in [0, 0.1) is 0 Å². The standard InChI is InChI=1S/C13H13N3O3/c14-10-4-5-11(12(15)18)16-13(10)19-9-3-1-2-8(6-9)7-17/h1-6,17H,7,14H2,(H2,15,18). The zero-order valence-corrected chi connectivity index (χ0v) is 10.0.